The van der Waals surface area contributed by atoms with E-state index in [9.17, 15) is 24.5 Å². The number of carbonyl (C=O) groups excluding carboxylic acids is 3. The number of nitrogens with zero attached hydrogens (tertiary/aromatic N) is 4. The number of halogens is 1. The number of amides is 1. The molecule has 1 amide bonds. The van der Waals surface area contributed by atoms with Gasteiger partial charge in [0.05, 0.1) is 4.92 Å². The molecule has 1 saturated heterocycles. The Morgan fingerprint density at radius 3 is 2.72 bits per heavy atom. The number of non-ortho nitro benzene ring substituents is 1. The zero-order valence-corrected chi connectivity index (χ0v) is 22.7. The van der Waals surface area contributed by atoms with Crippen LogP contribution in [0.3, 0.4) is 0 Å². The van der Waals surface area contributed by atoms with Crippen LogP contribution in [0.15, 0.2) is 65.8 Å². The monoisotopic (exact) mass is 610 g/mol. The van der Waals surface area contributed by atoms with Crippen LogP contribution in [-0.4, -0.2) is 46.9 Å². The molecule has 4 heterocycles. The molecule has 39 heavy (non-hydrogen) atoms. The van der Waals surface area contributed by atoms with Gasteiger partial charge >= 0.3 is 11.9 Å². The van der Waals surface area contributed by atoms with Crippen LogP contribution in [0.2, 0.25) is 0 Å². The molecule has 1 aromatic heterocycles. The summed E-state index contributed by atoms with van der Waals surface area (Å²) < 4.78 is 11.6. The van der Waals surface area contributed by atoms with Crippen LogP contribution in [0.1, 0.15) is 29.8 Å². The van der Waals surface area contributed by atoms with Crippen molar-refractivity contribution >= 4 is 51.2 Å². The fraction of sp³-hybridized carbons (Fsp3) is 0.231. The summed E-state index contributed by atoms with van der Waals surface area (Å²) in [7, 11) is 0. The van der Waals surface area contributed by atoms with Crippen LogP contribution in [0.4, 0.5) is 5.69 Å². The predicted molar refractivity (Wildman–Crippen MR) is 142 cm³/mol. The second-order valence-corrected chi connectivity index (χ2v) is 11.5. The molecular weight excluding hydrogens is 592 g/mol. The number of rotatable bonds is 7. The number of imidazole rings is 1. The SMILES string of the molecule is CC(=O)OC(c1cn2c(n1)-c1ccccc1C2)C1(Br)C(=O)N2C(C(=O)OCc3ccc([N+](=O)[O-])cc3)=CS[C@@H]21. The number of benzene rings is 2. The first-order valence-corrected chi connectivity index (χ1v) is 13.5. The van der Waals surface area contributed by atoms with E-state index in [1.54, 1.807) is 6.20 Å². The molecule has 1 fully saturated rings. The summed E-state index contributed by atoms with van der Waals surface area (Å²) in [6, 6.07) is 13.5. The van der Waals surface area contributed by atoms with Gasteiger partial charge in [0.15, 0.2) is 10.4 Å². The highest BCUT2D eigenvalue weighted by atomic mass is 79.9. The van der Waals surface area contributed by atoms with Crippen molar-refractivity contribution in [3.05, 3.63) is 92.8 Å². The molecule has 3 aliphatic heterocycles. The van der Waals surface area contributed by atoms with E-state index in [4.69, 9.17) is 14.5 Å². The van der Waals surface area contributed by atoms with Crippen molar-refractivity contribution in [1.29, 1.82) is 0 Å². The maximum absolute atomic E-state index is 13.6. The number of aromatic nitrogens is 2. The standard InChI is InChI=1S/C26H19BrN4O7S/c1-14(32)38-21(19-11-29-10-16-4-2-3-5-18(16)22(29)28-19)26(27)24(34)30-20(13-39-25(26)30)23(33)37-12-15-6-8-17(9-7-15)31(35)36/h2-9,11,13,21,25H,10,12H2,1H3/t21?,25-,26?/m1/s1. The lowest BCUT2D eigenvalue weighted by Crippen LogP contribution is -2.70. The van der Waals surface area contributed by atoms with Gasteiger partial charge in [0.2, 0.25) is 0 Å². The number of β-lactam (4-membered cyclic amide) rings is 1. The average molecular weight is 611 g/mol. The summed E-state index contributed by atoms with van der Waals surface area (Å²) in [5.41, 5.74) is 3.08. The van der Waals surface area contributed by atoms with Crippen molar-refractivity contribution in [3.8, 4) is 11.4 Å². The summed E-state index contributed by atoms with van der Waals surface area (Å²) in [5, 5.41) is 11.8. The molecule has 2 unspecified atom stereocenters. The number of esters is 2. The van der Waals surface area contributed by atoms with Crippen LogP contribution in [0, 0.1) is 10.1 Å². The maximum Gasteiger partial charge on any atom is 0.355 e. The van der Waals surface area contributed by atoms with Crippen molar-refractivity contribution in [2.75, 3.05) is 0 Å². The van der Waals surface area contributed by atoms with E-state index in [2.05, 4.69) is 15.9 Å². The van der Waals surface area contributed by atoms with Crippen molar-refractivity contribution in [2.24, 2.45) is 0 Å². The Labute approximate surface area is 234 Å². The van der Waals surface area contributed by atoms with Gasteiger partial charge in [0.25, 0.3) is 11.6 Å². The highest BCUT2D eigenvalue weighted by Gasteiger charge is 2.69. The summed E-state index contributed by atoms with van der Waals surface area (Å²) in [6.07, 6.45) is 0.749. The van der Waals surface area contributed by atoms with Gasteiger partial charge in [0, 0.05) is 42.8 Å². The Bertz CT molecular complexity index is 1590. The van der Waals surface area contributed by atoms with Gasteiger partial charge in [-0.3, -0.25) is 24.6 Å². The van der Waals surface area contributed by atoms with Gasteiger partial charge in [-0.05, 0) is 23.3 Å². The average Bonchev–Trinajstić information content (AvgIpc) is 3.62. The molecule has 0 saturated carbocycles. The zero-order valence-electron chi connectivity index (χ0n) is 20.3. The lowest BCUT2D eigenvalue weighted by molar-refractivity contribution is -0.384. The minimum Gasteiger partial charge on any atom is -0.456 e. The van der Waals surface area contributed by atoms with E-state index in [1.807, 2.05) is 28.8 Å². The summed E-state index contributed by atoms with van der Waals surface area (Å²) in [4.78, 5) is 54.9. The van der Waals surface area contributed by atoms with Crippen molar-refractivity contribution in [2.45, 2.75) is 35.9 Å². The Morgan fingerprint density at radius 2 is 2.00 bits per heavy atom. The number of ether oxygens (including phenoxy) is 2. The Morgan fingerprint density at radius 1 is 1.26 bits per heavy atom. The molecule has 6 rings (SSSR count). The zero-order chi connectivity index (χ0) is 27.5. The fourth-order valence-electron chi connectivity index (χ4n) is 4.91. The second kappa shape index (κ2) is 9.35. The largest absolute Gasteiger partial charge is 0.456 e. The molecular formula is C26H19BrN4O7S. The summed E-state index contributed by atoms with van der Waals surface area (Å²) in [5.74, 6) is -1.02. The van der Waals surface area contributed by atoms with Gasteiger partial charge in [-0.25, -0.2) is 9.78 Å². The Kier molecular flexibility index (Phi) is 6.07. The molecule has 0 N–H and O–H groups in total. The molecule has 0 spiro atoms. The van der Waals surface area contributed by atoms with Gasteiger partial charge in [-0.1, -0.05) is 40.2 Å². The van der Waals surface area contributed by atoms with Gasteiger partial charge in [0.1, 0.15) is 29.2 Å². The summed E-state index contributed by atoms with van der Waals surface area (Å²) in [6.45, 7) is 1.76. The molecule has 0 bridgehead atoms. The smallest absolute Gasteiger partial charge is 0.355 e. The van der Waals surface area contributed by atoms with Crippen LogP contribution in [0.25, 0.3) is 11.4 Å². The molecule has 3 aliphatic rings. The number of hydrogen-bond acceptors (Lipinski definition) is 9. The molecule has 2 aromatic carbocycles. The van der Waals surface area contributed by atoms with Crippen molar-refractivity contribution < 1.29 is 28.8 Å². The third-order valence-electron chi connectivity index (χ3n) is 6.76. The number of nitro benzene ring substituents is 1. The lowest BCUT2D eigenvalue weighted by atomic mass is 9.89. The normalized spacial score (nSPS) is 21.3. The molecule has 3 aromatic rings. The quantitative estimate of drug-likeness (QED) is 0.0998. The predicted octanol–water partition coefficient (Wildman–Crippen LogP) is 4.06. The number of carbonyl (C=O) groups is 3. The molecule has 3 atom stereocenters. The molecule has 198 valence electrons. The van der Waals surface area contributed by atoms with E-state index < -0.39 is 38.6 Å². The van der Waals surface area contributed by atoms with Crippen molar-refractivity contribution in [3.63, 3.8) is 0 Å². The third-order valence-corrected chi connectivity index (χ3v) is 9.45. The third kappa shape index (κ3) is 4.03. The van der Waals surface area contributed by atoms with E-state index >= 15 is 0 Å². The van der Waals surface area contributed by atoms with Crippen LogP contribution < -0.4 is 0 Å². The minimum atomic E-state index is -1.35. The van der Waals surface area contributed by atoms with Crippen LogP contribution >= 0.6 is 27.7 Å². The minimum absolute atomic E-state index is 0.0647. The van der Waals surface area contributed by atoms with Gasteiger partial charge in [-0.2, -0.15) is 0 Å². The first-order valence-electron chi connectivity index (χ1n) is 11.8. The summed E-state index contributed by atoms with van der Waals surface area (Å²) >= 11 is 4.80. The fourth-order valence-corrected chi connectivity index (χ4v) is 7.18. The highest BCUT2D eigenvalue weighted by molar-refractivity contribution is 9.10. The molecule has 0 radical (unpaired) electrons. The van der Waals surface area contributed by atoms with Gasteiger partial charge < -0.3 is 14.0 Å². The number of thioether (sulfide) groups is 1. The molecule has 11 nitrogen and oxygen atoms in total. The van der Waals surface area contributed by atoms with Crippen molar-refractivity contribution in [1.82, 2.24) is 14.5 Å². The molecule has 0 aliphatic carbocycles. The topological polar surface area (TPSA) is 134 Å². The first kappa shape index (κ1) is 25.3. The first-order chi connectivity index (χ1) is 18.7. The van der Waals surface area contributed by atoms with E-state index in [1.165, 1.54) is 53.3 Å². The highest BCUT2D eigenvalue weighted by Crippen LogP contribution is 2.58. The van der Waals surface area contributed by atoms with Gasteiger partial charge in [-0.15, -0.1) is 11.8 Å². The number of fused-ring (bicyclic) bond motifs is 4. The number of hydrogen-bond donors (Lipinski definition) is 0. The number of nitro groups is 1. The van der Waals surface area contributed by atoms with E-state index in [0.717, 1.165) is 17.0 Å². The van der Waals surface area contributed by atoms with Crippen LogP contribution in [0.5, 0.6) is 0 Å². The van der Waals surface area contributed by atoms with E-state index in [-0.39, 0.29) is 18.0 Å². The molecule has 13 heteroatoms. The van der Waals surface area contributed by atoms with Crippen LogP contribution in [-0.2, 0) is 37.0 Å². The Balaban J connectivity index is 1.20. The number of alkyl halides is 1. The Hall–Kier alpha value is -3.97. The maximum atomic E-state index is 13.6. The second-order valence-electron chi connectivity index (χ2n) is 9.20. The lowest BCUT2D eigenvalue weighted by Gasteiger charge is -2.51. The van der Waals surface area contributed by atoms with E-state index in [0.29, 0.717) is 17.8 Å².